The van der Waals surface area contributed by atoms with Crippen LogP contribution in [0.4, 0.5) is 5.69 Å². The normalized spacial score (nSPS) is 15.0. The molecule has 2 aromatic carbocycles. The number of ether oxygens (including phenoxy) is 1. The van der Waals surface area contributed by atoms with Gasteiger partial charge in [-0.25, -0.2) is 0 Å². The number of nitrogens with zero attached hydrogens (tertiary/aromatic N) is 3. The van der Waals surface area contributed by atoms with Crippen molar-refractivity contribution in [1.29, 1.82) is 0 Å². The lowest BCUT2D eigenvalue weighted by molar-refractivity contribution is -0.384. The summed E-state index contributed by atoms with van der Waals surface area (Å²) in [7, 11) is 0. The molecule has 0 radical (unpaired) electrons. The Balaban J connectivity index is 1.54. The Morgan fingerprint density at radius 2 is 1.74 bits per heavy atom. The molecule has 9 heteroatoms. The van der Waals surface area contributed by atoms with Gasteiger partial charge in [-0.1, -0.05) is 30.3 Å². The van der Waals surface area contributed by atoms with E-state index >= 15 is 0 Å². The monoisotopic (exact) mass is 477 g/mol. The van der Waals surface area contributed by atoms with E-state index in [1.165, 1.54) is 29.2 Å². The summed E-state index contributed by atoms with van der Waals surface area (Å²) in [6.45, 7) is 1.36. The second-order valence-corrected chi connectivity index (χ2v) is 8.44. The highest BCUT2D eigenvalue weighted by atomic mass is 16.6. The molecule has 0 N–H and O–H groups in total. The Bertz CT molecular complexity index is 1130. The third kappa shape index (κ3) is 6.54. The lowest BCUT2D eigenvalue weighted by Crippen LogP contribution is -2.45. The molecule has 182 valence electrons. The summed E-state index contributed by atoms with van der Waals surface area (Å²) >= 11 is 0. The molecule has 2 amide bonds. The lowest BCUT2D eigenvalue weighted by atomic mass is 10.1. The van der Waals surface area contributed by atoms with Crippen molar-refractivity contribution in [2.24, 2.45) is 0 Å². The molecule has 0 aliphatic carbocycles. The molecular formula is C26H27N3O6. The number of hydrogen-bond acceptors (Lipinski definition) is 6. The highest BCUT2D eigenvalue weighted by molar-refractivity contribution is 5.96. The van der Waals surface area contributed by atoms with Gasteiger partial charge in [0.05, 0.1) is 23.8 Å². The first-order chi connectivity index (χ1) is 17.0. The average Bonchev–Trinajstić information content (AvgIpc) is 3.58. The maximum atomic E-state index is 13.5. The molecule has 0 saturated carbocycles. The van der Waals surface area contributed by atoms with E-state index in [9.17, 15) is 19.7 Å². The quantitative estimate of drug-likeness (QED) is 0.322. The Kier molecular flexibility index (Phi) is 7.89. The SMILES string of the molecule is O=C(CN(CC1CCCO1)C(=O)c1ccc([N+](=O)[O-])cc1)N(Cc1ccccc1)Cc1ccco1. The summed E-state index contributed by atoms with van der Waals surface area (Å²) in [6.07, 6.45) is 3.11. The van der Waals surface area contributed by atoms with E-state index in [1.54, 1.807) is 23.3 Å². The third-order valence-electron chi connectivity index (χ3n) is 5.88. The van der Waals surface area contributed by atoms with Crippen LogP contribution in [0, 0.1) is 10.1 Å². The number of carbonyl (C=O) groups excluding carboxylic acids is 2. The molecule has 1 aliphatic heterocycles. The van der Waals surface area contributed by atoms with Gasteiger partial charge in [0.1, 0.15) is 12.3 Å². The first-order valence-electron chi connectivity index (χ1n) is 11.5. The van der Waals surface area contributed by atoms with E-state index in [-0.39, 0.29) is 48.8 Å². The fourth-order valence-corrected chi connectivity index (χ4v) is 4.05. The van der Waals surface area contributed by atoms with Gasteiger partial charge in [0.15, 0.2) is 0 Å². The van der Waals surface area contributed by atoms with E-state index in [1.807, 2.05) is 30.3 Å². The number of nitro groups is 1. The minimum Gasteiger partial charge on any atom is -0.467 e. The standard InChI is InChI=1S/C26H27N3O6/c30-25(27(17-23-8-4-14-34-23)16-20-6-2-1-3-7-20)19-28(18-24-9-5-15-35-24)26(31)21-10-12-22(13-11-21)29(32)33/h1-4,6-8,10-14,24H,5,9,15-19H2. The molecule has 1 saturated heterocycles. The molecule has 1 fully saturated rings. The zero-order chi connectivity index (χ0) is 24.6. The summed E-state index contributed by atoms with van der Waals surface area (Å²) in [5, 5.41) is 11.0. The molecule has 9 nitrogen and oxygen atoms in total. The first-order valence-corrected chi connectivity index (χ1v) is 11.5. The second-order valence-electron chi connectivity index (χ2n) is 8.44. The number of nitro benzene ring substituents is 1. The Morgan fingerprint density at radius 1 is 0.971 bits per heavy atom. The minimum atomic E-state index is -0.516. The Morgan fingerprint density at radius 3 is 2.37 bits per heavy atom. The minimum absolute atomic E-state index is 0.101. The second kappa shape index (κ2) is 11.4. The van der Waals surface area contributed by atoms with Gasteiger partial charge in [0.2, 0.25) is 5.91 Å². The van der Waals surface area contributed by atoms with Crippen molar-refractivity contribution in [3.63, 3.8) is 0 Å². The maximum Gasteiger partial charge on any atom is 0.269 e. The summed E-state index contributed by atoms with van der Waals surface area (Å²) in [6, 6.07) is 18.6. The molecule has 1 unspecified atom stereocenters. The van der Waals surface area contributed by atoms with Crippen LogP contribution in [0.3, 0.4) is 0 Å². The number of carbonyl (C=O) groups is 2. The number of non-ortho nitro benzene ring substituents is 1. The van der Waals surface area contributed by atoms with E-state index < -0.39 is 4.92 Å². The first kappa shape index (κ1) is 24.2. The third-order valence-corrected chi connectivity index (χ3v) is 5.88. The molecule has 3 aromatic rings. The molecule has 2 heterocycles. The van der Waals surface area contributed by atoms with Crippen molar-refractivity contribution in [1.82, 2.24) is 9.80 Å². The predicted octanol–water partition coefficient (Wildman–Crippen LogP) is 4.04. The summed E-state index contributed by atoms with van der Waals surface area (Å²) in [5.41, 5.74) is 1.14. The highest BCUT2D eigenvalue weighted by Gasteiger charge is 2.27. The van der Waals surface area contributed by atoms with Crippen LogP contribution in [0.15, 0.2) is 77.4 Å². The molecule has 0 spiro atoms. The number of benzene rings is 2. The Hall–Kier alpha value is -3.98. The molecule has 1 aliphatic rings. The molecule has 0 bridgehead atoms. The van der Waals surface area contributed by atoms with Gasteiger partial charge < -0.3 is 19.0 Å². The van der Waals surface area contributed by atoms with Gasteiger partial charge in [0.25, 0.3) is 11.6 Å². The van der Waals surface area contributed by atoms with Crippen molar-refractivity contribution in [2.45, 2.75) is 32.0 Å². The van der Waals surface area contributed by atoms with E-state index in [0.717, 1.165) is 18.4 Å². The maximum absolute atomic E-state index is 13.5. The van der Waals surface area contributed by atoms with Crippen molar-refractivity contribution in [2.75, 3.05) is 19.7 Å². The Labute approximate surface area is 203 Å². The summed E-state index contributed by atoms with van der Waals surface area (Å²) in [4.78, 5) is 40.4. The van der Waals surface area contributed by atoms with Crippen molar-refractivity contribution >= 4 is 17.5 Å². The smallest absolute Gasteiger partial charge is 0.269 e. The van der Waals surface area contributed by atoms with Gasteiger partial charge in [-0.3, -0.25) is 19.7 Å². The van der Waals surface area contributed by atoms with Gasteiger partial charge >= 0.3 is 0 Å². The zero-order valence-corrected chi connectivity index (χ0v) is 19.2. The van der Waals surface area contributed by atoms with Crippen LogP contribution in [-0.4, -0.2) is 52.3 Å². The zero-order valence-electron chi connectivity index (χ0n) is 19.2. The molecular weight excluding hydrogens is 450 g/mol. The van der Waals surface area contributed by atoms with Crippen LogP contribution in [0.1, 0.15) is 34.5 Å². The summed E-state index contributed by atoms with van der Waals surface area (Å²) in [5.74, 6) is 0.0292. The van der Waals surface area contributed by atoms with Crippen molar-refractivity contribution in [3.05, 3.63) is 100.0 Å². The summed E-state index contributed by atoms with van der Waals surface area (Å²) < 4.78 is 11.2. The van der Waals surface area contributed by atoms with Crippen LogP contribution in [0.25, 0.3) is 0 Å². The molecule has 4 rings (SSSR count). The van der Waals surface area contributed by atoms with Gasteiger partial charge in [-0.2, -0.15) is 0 Å². The van der Waals surface area contributed by atoms with E-state index in [0.29, 0.717) is 18.9 Å². The predicted molar refractivity (Wildman–Crippen MR) is 127 cm³/mol. The number of hydrogen-bond donors (Lipinski definition) is 0. The average molecular weight is 478 g/mol. The number of amides is 2. The fraction of sp³-hybridized carbons (Fsp3) is 0.308. The number of rotatable bonds is 10. The van der Waals surface area contributed by atoms with Crippen LogP contribution in [0.5, 0.6) is 0 Å². The largest absolute Gasteiger partial charge is 0.467 e. The fourth-order valence-electron chi connectivity index (χ4n) is 4.05. The topological polar surface area (TPSA) is 106 Å². The van der Waals surface area contributed by atoms with Crippen LogP contribution < -0.4 is 0 Å². The highest BCUT2D eigenvalue weighted by Crippen LogP contribution is 2.18. The molecule has 35 heavy (non-hydrogen) atoms. The van der Waals surface area contributed by atoms with Crippen LogP contribution >= 0.6 is 0 Å². The van der Waals surface area contributed by atoms with Gasteiger partial charge in [0, 0.05) is 37.4 Å². The van der Waals surface area contributed by atoms with Crippen LogP contribution in [-0.2, 0) is 22.6 Å². The van der Waals surface area contributed by atoms with E-state index in [4.69, 9.17) is 9.15 Å². The van der Waals surface area contributed by atoms with Crippen molar-refractivity contribution in [3.8, 4) is 0 Å². The molecule has 1 atom stereocenters. The van der Waals surface area contributed by atoms with E-state index in [2.05, 4.69) is 0 Å². The van der Waals surface area contributed by atoms with Crippen LogP contribution in [0.2, 0.25) is 0 Å². The van der Waals surface area contributed by atoms with Gasteiger partial charge in [-0.05, 0) is 42.7 Å². The van der Waals surface area contributed by atoms with Crippen molar-refractivity contribution < 1.29 is 23.7 Å². The lowest BCUT2D eigenvalue weighted by Gasteiger charge is -2.29. The number of furan rings is 1. The molecule has 1 aromatic heterocycles. The van der Waals surface area contributed by atoms with Gasteiger partial charge in [-0.15, -0.1) is 0 Å².